The summed E-state index contributed by atoms with van der Waals surface area (Å²) in [5.41, 5.74) is 3.17. The number of nitrogens with zero attached hydrogens (tertiary/aromatic N) is 2. The summed E-state index contributed by atoms with van der Waals surface area (Å²) >= 11 is 11.4. The Labute approximate surface area is 85.4 Å². The Morgan fingerprint density at radius 3 is 2.92 bits per heavy atom. The Bertz CT molecular complexity index is 459. The molecular formula is C9H6Cl2N2. The third-order valence-electron chi connectivity index (χ3n) is 1.77. The van der Waals surface area contributed by atoms with Crippen molar-refractivity contribution in [1.82, 2.24) is 9.55 Å². The maximum atomic E-state index is 5.86. The fourth-order valence-electron chi connectivity index (χ4n) is 1.18. The molecule has 4 heteroatoms. The van der Waals surface area contributed by atoms with Crippen LogP contribution in [0.4, 0.5) is 0 Å². The molecule has 13 heavy (non-hydrogen) atoms. The van der Waals surface area contributed by atoms with Gasteiger partial charge in [0.1, 0.15) is 11.5 Å². The van der Waals surface area contributed by atoms with Gasteiger partial charge < -0.3 is 0 Å². The second kappa shape index (κ2) is 3.40. The molecule has 0 saturated carbocycles. The average molecular weight is 213 g/mol. The summed E-state index contributed by atoms with van der Waals surface area (Å²) in [6.07, 6.45) is 1.64. The molecule has 1 heterocycles. The Morgan fingerprint density at radius 2 is 2.15 bits per heavy atom. The van der Waals surface area contributed by atoms with Gasteiger partial charge in [0.2, 0.25) is 0 Å². The van der Waals surface area contributed by atoms with E-state index in [1.165, 1.54) is 5.54 Å². The number of hydrogen-bond donors (Lipinski definition) is 0. The predicted octanol–water partition coefficient (Wildman–Crippen LogP) is 3.27. The van der Waals surface area contributed by atoms with Crippen molar-refractivity contribution in [1.29, 1.82) is 0 Å². The molecule has 0 amide bonds. The number of imidazole rings is 1. The van der Waals surface area contributed by atoms with Crippen LogP contribution in [0.1, 0.15) is 0 Å². The van der Waals surface area contributed by atoms with E-state index in [2.05, 4.69) is 4.98 Å². The average Bonchev–Trinajstić information content (AvgIpc) is 2.60. The van der Waals surface area contributed by atoms with E-state index in [4.69, 9.17) is 23.2 Å². The van der Waals surface area contributed by atoms with Gasteiger partial charge in [0.25, 0.3) is 0 Å². The molecule has 0 atom stereocenters. The van der Waals surface area contributed by atoms with Crippen molar-refractivity contribution in [3.05, 3.63) is 36.1 Å². The van der Waals surface area contributed by atoms with E-state index in [9.17, 15) is 0 Å². The van der Waals surface area contributed by atoms with E-state index >= 15 is 0 Å². The lowest BCUT2D eigenvalue weighted by Gasteiger charge is -1.98. The predicted molar refractivity (Wildman–Crippen MR) is 55.7 cm³/mol. The Kier molecular flexibility index (Phi) is 2.25. The van der Waals surface area contributed by atoms with Gasteiger partial charge in [0, 0.05) is 5.54 Å². The highest BCUT2D eigenvalue weighted by Crippen LogP contribution is 2.19. The molecule has 0 unspecified atom stereocenters. The Morgan fingerprint density at radius 1 is 1.38 bits per heavy atom. The number of hydrogen-bond acceptors (Lipinski definition) is 1. The lowest BCUT2D eigenvalue weighted by molar-refractivity contribution is 1.16. The first-order valence-corrected chi connectivity index (χ1v) is 4.52. The zero-order valence-corrected chi connectivity index (χ0v) is 8.13. The van der Waals surface area contributed by atoms with E-state index in [1.54, 1.807) is 10.9 Å². The van der Waals surface area contributed by atoms with E-state index in [1.807, 2.05) is 24.3 Å². The SMILES string of the molecule is Cl/C=C(/Cl)n1cnc2ccccc21. The molecule has 0 saturated heterocycles. The quantitative estimate of drug-likeness (QED) is 0.710. The highest BCUT2D eigenvalue weighted by Gasteiger charge is 2.02. The van der Waals surface area contributed by atoms with Crippen molar-refractivity contribution in [3.8, 4) is 0 Å². The second-order valence-corrected chi connectivity index (χ2v) is 3.14. The van der Waals surface area contributed by atoms with Crippen LogP contribution in [0, 0.1) is 0 Å². The van der Waals surface area contributed by atoms with Crippen molar-refractivity contribution in [3.63, 3.8) is 0 Å². The molecule has 66 valence electrons. The van der Waals surface area contributed by atoms with Crippen molar-refractivity contribution in [2.75, 3.05) is 0 Å². The standard InChI is InChI=1S/C9H6Cl2N2/c10-5-9(11)13-6-12-7-3-1-2-4-8(7)13/h1-6H/b9-5-. The fourth-order valence-corrected chi connectivity index (χ4v) is 1.42. The Hall–Kier alpha value is -0.990. The molecule has 0 N–H and O–H groups in total. The van der Waals surface area contributed by atoms with Crippen LogP contribution >= 0.6 is 23.2 Å². The van der Waals surface area contributed by atoms with E-state index in [-0.39, 0.29) is 0 Å². The van der Waals surface area contributed by atoms with Crippen LogP contribution in [-0.4, -0.2) is 9.55 Å². The van der Waals surface area contributed by atoms with Gasteiger partial charge in [0.15, 0.2) is 0 Å². The summed E-state index contributed by atoms with van der Waals surface area (Å²) in [4.78, 5) is 4.17. The number of benzene rings is 1. The summed E-state index contributed by atoms with van der Waals surface area (Å²) in [6, 6.07) is 7.71. The minimum absolute atomic E-state index is 0.440. The topological polar surface area (TPSA) is 17.8 Å². The third-order valence-corrected chi connectivity index (χ3v) is 2.38. The smallest absolute Gasteiger partial charge is 0.126 e. The van der Waals surface area contributed by atoms with Crippen molar-refractivity contribution < 1.29 is 0 Å². The van der Waals surface area contributed by atoms with Gasteiger partial charge in [-0.1, -0.05) is 35.3 Å². The van der Waals surface area contributed by atoms with Crippen molar-refractivity contribution in [2.45, 2.75) is 0 Å². The number of rotatable bonds is 1. The molecular weight excluding hydrogens is 207 g/mol. The molecule has 0 fully saturated rings. The summed E-state index contributed by atoms with van der Waals surface area (Å²) in [5.74, 6) is 0. The molecule has 2 nitrogen and oxygen atoms in total. The largest absolute Gasteiger partial charge is 0.288 e. The van der Waals surface area contributed by atoms with Crippen LogP contribution in [0.15, 0.2) is 36.1 Å². The zero-order chi connectivity index (χ0) is 9.26. The van der Waals surface area contributed by atoms with Gasteiger partial charge in [-0.05, 0) is 12.1 Å². The van der Waals surface area contributed by atoms with Gasteiger partial charge in [-0.3, -0.25) is 4.57 Å². The van der Waals surface area contributed by atoms with Crippen LogP contribution in [0.25, 0.3) is 16.2 Å². The van der Waals surface area contributed by atoms with Crippen molar-refractivity contribution in [2.24, 2.45) is 0 Å². The summed E-state index contributed by atoms with van der Waals surface area (Å²) in [7, 11) is 0. The third kappa shape index (κ3) is 1.43. The molecule has 0 spiro atoms. The maximum absolute atomic E-state index is 5.86. The Balaban J connectivity index is 2.71. The first kappa shape index (κ1) is 8.60. The lowest BCUT2D eigenvalue weighted by Crippen LogP contribution is -1.86. The fraction of sp³-hybridized carbons (Fsp3) is 0. The van der Waals surface area contributed by atoms with E-state index < -0.39 is 0 Å². The van der Waals surface area contributed by atoms with E-state index in [0.29, 0.717) is 5.16 Å². The minimum atomic E-state index is 0.440. The molecule has 0 bridgehead atoms. The van der Waals surface area contributed by atoms with Gasteiger partial charge in [-0.15, -0.1) is 0 Å². The maximum Gasteiger partial charge on any atom is 0.126 e. The molecule has 1 aromatic heterocycles. The molecule has 2 aromatic rings. The van der Waals surface area contributed by atoms with Crippen molar-refractivity contribution >= 4 is 39.4 Å². The number of fused-ring (bicyclic) bond motifs is 1. The van der Waals surface area contributed by atoms with Gasteiger partial charge >= 0.3 is 0 Å². The summed E-state index contributed by atoms with van der Waals surface area (Å²) in [5, 5.41) is 0.440. The highest BCUT2D eigenvalue weighted by molar-refractivity contribution is 6.50. The molecule has 2 rings (SSSR count). The first-order chi connectivity index (χ1) is 6.33. The summed E-state index contributed by atoms with van der Waals surface area (Å²) in [6.45, 7) is 0. The highest BCUT2D eigenvalue weighted by atomic mass is 35.5. The van der Waals surface area contributed by atoms with Gasteiger partial charge in [0.05, 0.1) is 11.0 Å². The molecule has 0 aliphatic carbocycles. The molecule has 0 aliphatic heterocycles. The number of halogens is 2. The van der Waals surface area contributed by atoms with Crippen LogP contribution in [0.5, 0.6) is 0 Å². The first-order valence-electron chi connectivity index (χ1n) is 3.71. The molecule has 1 aromatic carbocycles. The minimum Gasteiger partial charge on any atom is -0.288 e. The molecule has 0 aliphatic rings. The molecule has 0 radical (unpaired) electrons. The van der Waals surface area contributed by atoms with E-state index in [0.717, 1.165) is 11.0 Å². The number of aromatic nitrogens is 2. The van der Waals surface area contributed by atoms with Gasteiger partial charge in [-0.2, -0.15) is 0 Å². The van der Waals surface area contributed by atoms with Crippen LogP contribution in [-0.2, 0) is 0 Å². The lowest BCUT2D eigenvalue weighted by atomic mass is 10.3. The van der Waals surface area contributed by atoms with Crippen LogP contribution in [0.2, 0.25) is 0 Å². The van der Waals surface area contributed by atoms with Crippen LogP contribution < -0.4 is 0 Å². The normalized spacial score (nSPS) is 12.3. The summed E-state index contributed by atoms with van der Waals surface area (Å²) < 4.78 is 1.73. The monoisotopic (exact) mass is 212 g/mol. The number of para-hydroxylation sites is 2. The van der Waals surface area contributed by atoms with Crippen LogP contribution in [0.3, 0.4) is 0 Å². The van der Waals surface area contributed by atoms with Gasteiger partial charge in [-0.25, -0.2) is 4.98 Å². The zero-order valence-electron chi connectivity index (χ0n) is 6.61. The second-order valence-electron chi connectivity index (χ2n) is 2.54.